The van der Waals surface area contributed by atoms with Gasteiger partial charge in [-0.05, 0) is 189 Å². The third kappa shape index (κ3) is 10.5. The van der Waals surface area contributed by atoms with Crippen LogP contribution in [-0.2, 0) is 0 Å². The highest BCUT2D eigenvalue weighted by molar-refractivity contribution is 5.26. The van der Waals surface area contributed by atoms with E-state index in [-0.39, 0.29) is 5.71 Å². The topological polar surface area (TPSA) is 0 Å². The molecule has 2 aromatic rings. The number of allylic oxidation sites excluding steroid dienone is 4. The van der Waals surface area contributed by atoms with Crippen molar-refractivity contribution in [2.24, 2.45) is 35.5 Å². The van der Waals surface area contributed by atoms with Gasteiger partial charge in [-0.25, -0.2) is 0 Å². The molecule has 0 radical (unpaired) electrons. The van der Waals surface area contributed by atoms with Gasteiger partial charge in [-0.15, -0.1) is 0 Å². The molecule has 0 heteroatoms. The maximum Gasteiger partial charge on any atom is 0 e. The lowest BCUT2D eigenvalue weighted by Crippen LogP contribution is -2.25. The molecule has 2 aromatic carbocycles. The predicted molar refractivity (Wildman–Crippen MR) is 210 cm³/mol. The molecule has 0 N–H and O–H groups in total. The highest BCUT2D eigenvalue weighted by Crippen LogP contribution is 2.45. The van der Waals surface area contributed by atoms with Gasteiger partial charge >= 0.3 is 0 Å². The van der Waals surface area contributed by atoms with Gasteiger partial charge in [0.25, 0.3) is 0 Å². The number of hydrogen-bond donors (Lipinski definition) is 0. The number of aryl methyl sites for hydroxylation is 2. The summed E-state index contributed by atoms with van der Waals surface area (Å²) < 4.78 is 0. The summed E-state index contributed by atoms with van der Waals surface area (Å²) in [7, 11) is 0. The van der Waals surface area contributed by atoms with Crippen LogP contribution in [0.4, 0.5) is 0 Å². The summed E-state index contributed by atoms with van der Waals surface area (Å²) in [6.07, 6.45) is 35.4. The van der Waals surface area contributed by atoms with Crippen LogP contribution >= 0.6 is 0 Å². The van der Waals surface area contributed by atoms with E-state index >= 15 is 0 Å². The third-order valence-corrected chi connectivity index (χ3v) is 13.1. The zero-order valence-corrected chi connectivity index (χ0v) is 30.3. The Hall–Kier alpha value is -2.08. The first-order valence-corrected chi connectivity index (χ1v) is 19.9. The van der Waals surface area contributed by atoms with Crippen molar-refractivity contribution in [3.05, 3.63) is 95.1 Å². The second-order valence-corrected chi connectivity index (χ2v) is 16.2. The first-order chi connectivity index (χ1) is 22.5. The van der Waals surface area contributed by atoms with E-state index in [1.54, 1.807) is 11.1 Å². The molecule has 0 atom stereocenters. The van der Waals surface area contributed by atoms with Crippen LogP contribution in [0.25, 0.3) is 0 Å². The molecule has 0 nitrogen and oxygen atoms in total. The van der Waals surface area contributed by atoms with Crippen LogP contribution in [0.15, 0.2) is 72.8 Å². The fraction of sp³-hybridized carbons (Fsp3) is 0.652. The summed E-state index contributed by atoms with van der Waals surface area (Å²) in [6, 6.07) is 18.6. The second-order valence-electron chi connectivity index (χ2n) is 16.2. The molecule has 0 amide bonds. The smallest absolute Gasteiger partial charge is 0 e. The molecule has 0 heterocycles. The summed E-state index contributed by atoms with van der Waals surface area (Å²) in [5.74, 6) is 7.68. The van der Waals surface area contributed by atoms with E-state index in [0.29, 0.717) is 0 Å². The van der Waals surface area contributed by atoms with Crippen LogP contribution in [-0.4, -0.2) is 0 Å². The zero-order chi connectivity index (χ0) is 32.1. The number of benzene rings is 2. The summed E-state index contributed by atoms with van der Waals surface area (Å²) in [4.78, 5) is 0. The largest absolute Gasteiger partial charge is 0.0917 e. The Morgan fingerprint density at radius 2 is 0.891 bits per heavy atom. The lowest BCUT2D eigenvalue weighted by Gasteiger charge is -2.38. The molecule has 4 saturated carbocycles. The maximum atomic E-state index is 2.44. The van der Waals surface area contributed by atoms with Crippen molar-refractivity contribution >= 4 is 0 Å². The molecule has 0 saturated heterocycles. The maximum absolute atomic E-state index is 2.44. The van der Waals surface area contributed by atoms with Crippen molar-refractivity contribution in [2.75, 3.05) is 0 Å². The summed E-state index contributed by atoms with van der Waals surface area (Å²) in [6.45, 7) is 8.68. The molecule has 4 aliphatic carbocycles. The standard InChI is InChI=1S/C24H36.C22H32.4H2/c1-3-4-5-6-20-9-13-22(14-10-20)24-17-15-23(16-18-24)21-11-7-19(2)8-12-21;1-3-4-18-7-11-20(12-8-18)22-15-13-21(14-16-22)19-9-5-17(2)6-10-19;;;;/h3-4,7-8,11-12,20,22-24H,5-6,9-10,13-18H2,1-2H3;3-6,9-10,18,20-22H,7-8,11-16H2,1-2H3;4*1H/b2*4-3+;;;;. The monoisotopic (exact) mass is 629 g/mol. The van der Waals surface area contributed by atoms with Crippen LogP contribution in [0.1, 0.15) is 169 Å². The highest BCUT2D eigenvalue weighted by Gasteiger charge is 2.32. The molecule has 0 aromatic heterocycles. The Kier molecular flexibility index (Phi) is 14.1. The average molecular weight is 629 g/mol. The summed E-state index contributed by atoms with van der Waals surface area (Å²) in [5, 5.41) is 0. The van der Waals surface area contributed by atoms with Crippen LogP contribution in [0, 0.1) is 49.4 Å². The molecule has 6 rings (SSSR count). The lowest BCUT2D eigenvalue weighted by atomic mass is 9.68. The fourth-order valence-electron chi connectivity index (χ4n) is 10.1. The zero-order valence-electron chi connectivity index (χ0n) is 30.3. The van der Waals surface area contributed by atoms with Gasteiger partial charge in [0, 0.05) is 5.71 Å². The lowest BCUT2D eigenvalue weighted by molar-refractivity contribution is 0.157. The van der Waals surface area contributed by atoms with Crippen LogP contribution in [0.3, 0.4) is 0 Å². The molecule has 46 heavy (non-hydrogen) atoms. The summed E-state index contributed by atoms with van der Waals surface area (Å²) >= 11 is 0. The van der Waals surface area contributed by atoms with E-state index in [1.165, 1.54) is 127 Å². The van der Waals surface area contributed by atoms with Crippen molar-refractivity contribution in [1.29, 1.82) is 0 Å². The van der Waals surface area contributed by atoms with E-state index in [2.05, 4.69) is 101 Å². The molecule has 0 spiro atoms. The Balaban J connectivity index is 0.000000464. The highest BCUT2D eigenvalue weighted by atomic mass is 14.4. The van der Waals surface area contributed by atoms with E-state index < -0.39 is 0 Å². The van der Waals surface area contributed by atoms with Gasteiger partial charge < -0.3 is 0 Å². The minimum Gasteiger partial charge on any atom is -0.0917 e. The van der Waals surface area contributed by atoms with E-state index in [4.69, 9.17) is 0 Å². The Labute approximate surface area is 290 Å². The molecule has 0 aliphatic heterocycles. The average Bonchev–Trinajstić information content (AvgIpc) is 3.10. The van der Waals surface area contributed by atoms with Gasteiger partial charge in [-0.1, -0.05) is 96.8 Å². The van der Waals surface area contributed by atoms with Gasteiger partial charge in [-0.2, -0.15) is 0 Å². The minimum atomic E-state index is 0. The van der Waals surface area contributed by atoms with Crippen LogP contribution < -0.4 is 0 Å². The van der Waals surface area contributed by atoms with Gasteiger partial charge in [0.05, 0.1) is 0 Å². The molecule has 260 valence electrons. The molecule has 0 bridgehead atoms. The Bertz CT molecular complexity index is 1170. The van der Waals surface area contributed by atoms with Crippen molar-refractivity contribution in [2.45, 2.75) is 155 Å². The van der Waals surface area contributed by atoms with Gasteiger partial charge in [0.1, 0.15) is 0 Å². The SMILES string of the molecule is C/C=C/C1CCC(C2CCC(c3ccc(C)cc3)CC2)CC1.C/C=C/CCC1CCC(C2CCC(c3ccc(C)cc3)CC2)CC1.[HH].[HH].[HH].[HH]. The normalized spacial score (nSPS) is 32.3. The molecule has 4 fully saturated rings. The van der Waals surface area contributed by atoms with Crippen molar-refractivity contribution in [1.82, 2.24) is 0 Å². The Morgan fingerprint density at radius 3 is 1.28 bits per heavy atom. The molecular formula is C46H76. The predicted octanol–water partition coefficient (Wildman–Crippen LogP) is 15.1. The molecule has 0 unspecified atom stereocenters. The van der Waals surface area contributed by atoms with Gasteiger partial charge in [0.2, 0.25) is 0 Å². The van der Waals surface area contributed by atoms with Crippen molar-refractivity contribution < 1.29 is 5.71 Å². The third-order valence-electron chi connectivity index (χ3n) is 13.1. The van der Waals surface area contributed by atoms with E-state index in [1.807, 2.05) is 0 Å². The number of hydrogen-bond acceptors (Lipinski definition) is 0. The summed E-state index contributed by atoms with van der Waals surface area (Å²) in [5.41, 5.74) is 5.95. The van der Waals surface area contributed by atoms with Gasteiger partial charge in [-0.3, -0.25) is 0 Å². The fourth-order valence-corrected chi connectivity index (χ4v) is 10.1. The van der Waals surface area contributed by atoms with Gasteiger partial charge in [0.15, 0.2) is 0 Å². The van der Waals surface area contributed by atoms with Crippen LogP contribution in [0.2, 0.25) is 0 Å². The minimum absolute atomic E-state index is 0. The van der Waals surface area contributed by atoms with E-state index in [9.17, 15) is 0 Å². The molecule has 4 aliphatic rings. The van der Waals surface area contributed by atoms with Crippen molar-refractivity contribution in [3.63, 3.8) is 0 Å². The first-order valence-electron chi connectivity index (χ1n) is 19.9. The van der Waals surface area contributed by atoms with E-state index in [0.717, 1.165) is 47.3 Å². The number of rotatable bonds is 8. The van der Waals surface area contributed by atoms with Crippen LogP contribution in [0.5, 0.6) is 0 Å². The van der Waals surface area contributed by atoms with Crippen molar-refractivity contribution in [3.8, 4) is 0 Å². The molecular weight excluding hydrogens is 553 g/mol. The Morgan fingerprint density at radius 1 is 0.500 bits per heavy atom. The first kappa shape index (κ1) is 35.2. The quantitative estimate of drug-likeness (QED) is 0.255. The second kappa shape index (κ2) is 18.5.